The maximum atomic E-state index is 13.2. The molecule has 10 heteroatoms. The van der Waals surface area contributed by atoms with Crippen molar-refractivity contribution >= 4 is 11.6 Å². The summed E-state index contributed by atoms with van der Waals surface area (Å²) in [6.45, 7) is 0.640. The Morgan fingerprint density at radius 1 is 1.07 bits per heavy atom. The lowest BCUT2D eigenvalue weighted by atomic mass is 10.1. The molecule has 3 aromatic heterocycles. The molecule has 154 valence electrons. The summed E-state index contributed by atoms with van der Waals surface area (Å²) < 4.78 is 40.0. The molecule has 4 aromatic rings. The minimum atomic E-state index is -4.70. The molecule has 0 radical (unpaired) electrons. The predicted molar refractivity (Wildman–Crippen MR) is 103 cm³/mol. The third-order valence-electron chi connectivity index (χ3n) is 3.99. The van der Waals surface area contributed by atoms with Gasteiger partial charge >= 0.3 is 12.1 Å². The van der Waals surface area contributed by atoms with Crippen LogP contribution < -0.4 is 5.73 Å². The highest BCUT2D eigenvalue weighted by atomic mass is 19.4. The number of benzene rings is 1. The second-order valence-electron chi connectivity index (χ2n) is 6.05. The van der Waals surface area contributed by atoms with E-state index in [1.807, 2.05) is 30.3 Å². The SMILES string of the molecule is NCc1ccccc1.O=C(O)c1cc2nc(-c3ccncc3)cc(C(F)(F)F)n2n1. The second-order valence-corrected chi connectivity index (χ2v) is 6.05. The Morgan fingerprint density at radius 2 is 1.73 bits per heavy atom. The van der Waals surface area contributed by atoms with Gasteiger partial charge in [-0.2, -0.15) is 18.3 Å². The molecule has 0 unspecified atom stereocenters. The molecular weight excluding hydrogens is 399 g/mol. The quantitative estimate of drug-likeness (QED) is 0.529. The number of alkyl halides is 3. The average Bonchev–Trinajstić information content (AvgIpc) is 3.18. The number of pyridine rings is 1. The van der Waals surface area contributed by atoms with Crippen LogP contribution in [0, 0.1) is 0 Å². The highest BCUT2D eigenvalue weighted by molar-refractivity contribution is 5.86. The van der Waals surface area contributed by atoms with Crippen LogP contribution in [0.1, 0.15) is 21.7 Å². The Balaban J connectivity index is 0.000000269. The fourth-order valence-electron chi connectivity index (χ4n) is 2.57. The van der Waals surface area contributed by atoms with Crippen molar-refractivity contribution in [1.82, 2.24) is 19.6 Å². The smallest absolute Gasteiger partial charge is 0.433 e. The standard InChI is InChI=1S/C13H7F3N4O2.C7H9N/c14-13(15,16)10-5-8(7-1-3-17-4-2-7)18-11-6-9(12(21)22)19-20(10)11;8-6-7-4-2-1-3-5-7/h1-6H,(H,21,22);1-5H,6,8H2. The Hall–Kier alpha value is -3.79. The first kappa shape index (κ1) is 20.9. The number of aromatic carboxylic acids is 1. The van der Waals surface area contributed by atoms with Gasteiger partial charge < -0.3 is 10.8 Å². The molecule has 0 saturated carbocycles. The highest BCUT2D eigenvalue weighted by Gasteiger charge is 2.35. The summed E-state index contributed by atoms with van der Waals surface area (Å²) in [5.74, 6) is -1.43. The van der Waals surface area contributed by atoms with Gasteiger partial charge in [-0.05, 0) is 23.8 Å². The van der Waals surface area contributed by atoms with Gasteiger partial charge in [0.2, 0.25) is 0 Å². The first-order valence-corrected chi connectivity index (χ1v) is 8.65. The number of carbonyl (C=O) groups is 1. The highest BCUT2D eigenvalue weighted by Crippen LogP contribution is 2.32. The minimum absolute atomic E-state index is 0.0547. The van der Waals surface area contributed by atoms with Crippen LogP contribution in [0.5, 0.6) is 0 Å². The molecule has 4 rings (SSSR count). The van der Waals surface area contributed by atoms with Gasteiger partial charge in [-0.1, -0.05) is 30.3 Å². The van der Waals surface area contributed by atoms with E-state index in [4.69, 9.17) is 10.8 Å². The van der Waals surface area contributed by atoms with E-state index >= 15 is 0 Å². The van der Waals surface area contributed by atoms with Crippen molar-refractivity contribution in [3.63, 3.8) is 0 Å². The molecule has 7 nitrogen and oxygen atoms in total. The van der Waals surface area contributed by atoms with Crippen molar-refractivity contribution in [2.24, 2.45) is 5.73 Å². The number of aromatic nitrogens is 4. The van der Waals surface area contributed by atoms with Gasteiger partial charge in [-0.15, -0.1) is 0 Å². The van der Waals surface area contributed by atoms with Crippen molar-refractivity contribution in [3.8, 4) is 11.3 Å². The molecule has 0 spiro atoms. The van der Waals surface area contributed by atoms with Crippen LogP contribution in [0.15, 0.2) is 67.0 Å². The van der Waals surface area contributed by atoms with E-state index in [-0.39, 0.29) is 11.3 Å². The topological polar surface area (TPSA) is 106 Å². The van der Waals surface area contributed by atoms with Crippen molar-refractivity contribution in [3.05, 3.63) is 83.9 Å². The zero-order valence-corrected chi connectivity index (χ0v) is 15.4. The van der Waals surface area contributed by atoms with E-state index in [2.05, 4.69) is 15.1 Å². The third kappa shape index (κ3) is 4.78. The van der Waals surface area contributed by atoms with Gasteiger partial charge in [0, 0.05) is 30.6 Å². The van der Waals surface area contributed by atoms with E-state index in [0.717, 1.165) is 12.1 Å². The summed E-state index contributed by atoms with van der Waals surface area (Å²) in [6, 6.07) is 14.8. The molecule has 0 fully saturated rings. The molecule has 0 aliphatic heterocycles. The lowest BCUT2D eigenvalue weighted by Crippen LogP contribution is -2.14. The number of carboxylic acid groups (broad SMARTS) is 1. The number of fused-ring (bicyclic) bond motifs is 1. The molecule has 0 aliphatic rings. The molecular formula is C20H16F3N5O2. The molecule has 30 heavy (non-hydrogen) atoms. The fraction of sp³-hybridized carbons (Fsp3) is 0.100. The predicted octanol–water partition coefficient (Wildman–Crippen LogP) is 3.65. The van der Waals surface area contributed by atoms with Gasteiger partial charge in [-0.25, -0.2) is 14.3 Å². The van der Waals surface area contributed by atoms with E-state index in [0.29, 0.717) is 16.6 Å². The fourth-order valence-corrected chi connectivity index (χ4v) is 2.57. The van der Waals surface area contributed by atoms with E-state index in [9.17, 15) is 18.0 Å². The van der Waals surface area contributed by atoms with Gasteiger partial charge in [0.25, 0.3) is 0 Å². The average molecular weight is 415 g/mol. The first-order valence-electron chi connectivity index (χ1n) is 8.65. The maximum absolute atomic E-state index is 13.2. The summed E-state index contributed by atoms with van der Waals surface area (Å²) in [6.07, 6.45) is -1.86. The van der Waals surface area contributed by atoms with Crippen molar-refractivity contribution in [2.75, 3.05) is 0 Å². The van der Waals surface area contributed by atoms with E-state index in [1.54, 1.807) is 0 Å². The van der Waals surface area contributed by atoms with Crippen LogP contribution in [0.4, 0.5) is 13.2 Å². The molecule has 1 aromatic carbocycles. The molecule has 3 heterocycles. The van der Waals surface area contributed by atoms with Gasteiger partial charge in [-0.3, -0.25) is 4.98 Å². The second kappa shape index (κ2) is 8.70. The number of hydrogen-bond donors (Lipinski definition) is 2. The number of halogens is 3. The van der Waals surface area contributed by atoms with Crippen LogP contribution in [0.3, 0.4) is 0 Å². The summed E-state index contributed by atoms with van der Waals surface area (Å²) in [4.78, 5) is 18.7. The Bertz CT molecular complexity index is 1150. The Labute approximate surface area is 168 Å². The number of carboxylic acids is 1. The summed E-state index contributed by atoms with van der Waals surface area (Å²) in [5.41, 5.74) is 5.22. The minimum Gasteiger partial charge on any atom is -0.476 e. The maximum Gasteiger partial charge on any atom is 0.433 e. The van der Waals surface area contributed by atoms with Crippen LogP contribution in [0.2, 0.25) is 0 Å². The number of nitrogens with zero attached hydrogens (tertiary/aromatic N) is 4. The number of hydrogen-bond acceptors (Lipinski definition) is 5. The summed E-state index contributed by atoms with van der Waals surface area (Å²) >= 11 is 0. The van der Waals surface area contributed by atoms with Crippen molar-refractivity contribution < 1.29 is 23.1 Å². The van der Waals surface area contributed by atoms with Crippen molar-refractivity contribution in [1.29, 1.82) is 0 Å². The zero-order valence-electron chi connectivity index (χ0n) is 15.4. The lowest BCUT2D eigenvalue weighted by Gasteiger charge is -2.10. The monoisotopic (exact) mass is 415 g/mol. The van der Waals surface area contributed by atoms with Gasteiger partial charge in [0.1, 0.15) is 0 Å². The summed E-state index contributed by atoms with van der Waals surface area (Å²) in [5, 5.41) is 12.3. The summed E-state index contributed by atoms with van der Waals surface area (Å²) in [7, 11) is 0. The van der Waals surface area contributed by atoms with Crippen LogP contribution >= 0.6 is 0 Å². The molecule has 0 amide bonds. The number of rotatable bonds is 3. The molecule has 3 N–H and O–H groups in total. The Kier molecular flexibility index (Phi) is 6.07. The van der Waals surface area contributed by atoms with Crippen molar-refractivity contribution in [2.45, 2.75) is 12.7 Å². The van der Waals surface area contributed by atoms with Crippen LogP contribution in [0.25, 0.3) is 16.9 Å². The molecule has 0 bridgehead atoms. The van der Waals surface area contributed by atoms with Gasteiger partial charge in [0.15, 0.2) is 17.0 Å². The normalized spacial score (nSPS) is 11.1. The van der Waals surface area contributed by atoms with Crippen LogP contribution in [-0.2, 0) is 12.7 Å². The largest absolute Gasteiger partial charge is 0.476 e. The first-order chi connectivity index (χ1) is 14.3. The molecule has 0 aliphatic carbocycles. The lowest BCUT2D eigenvalue weighted by molar-refractivity contribution is -0.142. The van der Waals surface area contributed by atoms with Gasteiger partial charge in [0.05, 0.1) is 5.69 Å². The molecule has 0 saturated heterocycles. The third-order valence-corrected chi connectivity index (χ3v) is 3.99. The molecule has 0 atom stereocenters. The Morgan fingerprint density at radius 3 is 2.27 bits per heavy atom. The number of nitrogens with two attached hydrogens (primary N) is 1. The van der Waals surface area contributed by atoms with E-state index in [1.165, 1.54) is 30.1 Å². The van der Waals surface area contributed by atoms with E-state index < -0.39 is 23.5 Å². The van der Waals surface area contributed by atoms with Crippen LogP contribution in [-0.4, -0.2) is 30.7 Å². The zero-order chi connectivity index (χ0) is 21.7.